The third-order valence-corrected chi connectivity index (χ3v) is 6.18. The summed E-state index contributed by atoms with van der Waals surface area (Å²) in [7, 11) is 0. The Hall–Kier alpha value is -4.48. The number of carboxylic acids is 1. The molecule has 206 valence electrons. The van der Waals surface area contributed by atoms with Gasteiger partial charge >= 0.3 is 17.8 Å². The predicted octanol–water partition coefficient (Wildman–Crippen LogP) is 6.04. The molecule has 3 aromatic carbocycles. The average Bonchev–Trinajstić information content (AvgIpc) is 2.88. The van der Waals surface area contributed by atoms with Crippen LogP contribution in [0.25, 0.3) is 28.2 Å². The van der Waals surface area contributed by atoms with E-state index >= 15 is 0 Å². The van der Waals surface area contributed by atoms with Crippen molar-refractivity contribution >= 4 is 46.2 Å². The number of alkyl halides is 3. The smallest absolute Gasteiger partial charge is 0.418 e. The van der Waals surface area contributed by atoms with Crippen LogP contribution in [0.4, 0.5) is 23.2 Å². The zero-order valence-electron chi connectivity index (χ0n) is 20.2. The zero-order chi connectivity index (χ0) is 29.2. The molecule has 0 aliphatic heterocycles. The Balaban J connectivity index is 1.87. The quantitative estimate of drug-likeness (QED) is 0.140. The minimum Gasteiger partial charge on any atom is -0.478 e. The van der Waals surface area contributed by atoms with Crippen LogP contribution in [0.3, 0.4) is 0 Å². The topological polar surface area (TPSA) is 117 Å². The van der Waals surface area contributed by atoms with Crippen molar-refractivity contribution in [2.45, 2.75) is 19.2 Å². The number of hydrogen-bond acceptors (Lipinski definition) is 5. The van der Waals surface area contributed by atoms with Crippen molar-refractivity contribution in [2.24, 2.45) is 0 Å². The van der Waals surface area contributed by atoms with Crippen molar-refractivity contribution in [1.82, 2.24) is 0 Å². The maximum atomic E-state index is 13.5. The van der Waals surface area contributed by atoms with Gasteiger partial charge in [-0.15, -0.1) is 0 Å². The van der Waals surface area contributed by atoms with Crippen LogP contribution in [0.1, 0.15) is 22.3 Å². The van der Waals surface area contributed by atoms with Crippen molar-refractivity contribution in [3.63, 3.8) is 0 Å². The Kier molecular flexibility index (Phi) is 8.08. The van der Waals surface area contributed by atoms with E-state index in [2.05, 4.69) is 5.32 Å². The Morgan fingerprint density at radius 2 is 1.82 bits per heavy atom. The van der Waals surface area contributed by atoms with Crippen LogP contribution in [-0.2, 0) is 28.8 Å². The van der Waals surface area contributed by atoms with Crippen molar-refractivity contribution in [3.05, 3.63) is 104 Å². The molecule has 0 fully saturated rings. The van der Waals surface area contributed by atoms with Crippen LogP contribution in [0.15, 0.2) is 69.9 Å². The lowest BCUT2D eigenvalue weighted by Crippen LogP contribution is -2.22. The summed E-state index contributed by atoms with van der Waals surface area (Å²) < 4.78 is 59.1. The second kappa shape index (κ2) is 11.3. The van der Waals surface area contributed by atoms with Gasteiger partial charge in [-0.3, -0.25) is 4.79 Å². The number of nitrogens with one attached hydrogen (secondary N) is 1. The first-order chi connectivity index (χ1) is 18.9. The van der Waals surface area contributed by atoms with E-state index in [4.69, 9.17) is 21.1 Å². The van der Waals surface area contributed by atoms with Gasteiger partial charge in [-0.05, 0) is 53.1 Å². The molecule has 0 saturated carbocycles. The Labute approximate surface area is 227 Å². The third-order valence-electron chi connectivity index (χ3n) is 5.83. The van der Waals surface area contributed by atoms with E-state index in [0.717, 1.165) is 18.2 Å². The van der Waals surface area contributed by atoms with E-state index in [1.54, 1.807) is 18.2 Å². The lowest BCUT2D eigenvalue weighted by Gasteiger charge is -2.16. The van der Waals surface area contributed by atoms with E-state index in [0.29, 0.717) is 11.1 Å². The second-order valence-corrected chi connectivity index (χ2v) is 8.96. The first-order valence-electron chi connectivity index (χ1n) is 11.4. The normalized spacial score (nSPS) is 11.8. The highest BCUT2D eigenvalue weighted by Gasteiger charge is 2.34. The molecule has 0 spiro atoms. The molecule has 0 aliphatic carbocycles. The largest absolute Gasteiger partial charge is 0.478 e. The van der Waals surface area contributed by atoms with Gasteiger partial charge in [0.25, 0.3) is 0 Å². The number of halogens is 5. The van der Waals surface area contributed by atoms with Crippen LogP contribution in [0, 0.1) is 5.82 Å². The number of aliphatic carboxylic acids is 1. The summed E-state index contributed by atoms with van der Waals surface area (Å²) in [5, 5.41) is 21.1. The summed E-state index contributed by atoms with van der Waals surface area (Å²) in [6.45, 7) is -0.477. The first kappa shape index (κ1) is 28.5. The number of carbonyl (C=O) groups excluding carboxylic acids is 1. The van der Waals surface area contributed by atoms with Crippen LogP contribution in [0.5, 0.6) is 0 Å². The van der Waals surface area contributed by atoms with E-state index in [9.17, 15) is 37.1 Å². The highest BCUT2D eigenvalue weighted by molar-refractivity contribution is 6.32. The summed E-state index contributed by atoms with van der Waals surface area (Å²) in [6, 6.07) is 10.8. The minimum absolute atomic E-state index is 0.00994. The number of fused-ring (bicyclic) bond motifs is 1. The lowest BCUT2D eigenvalue weighted by molar-refractivity contribution is -0.137. The zero-order valence-corrected chi connectivity index (χ0v) is 20.9. The standard InChI is InChI=1S/C28H18ClF4NO6/c29-21-12-23-18(9-16(21)13-35)26(15-3-1-2-14(8-15)4-7-25(37)38)19(27(39)40-23)11-24(36)34-22-6-5-17(30)10-20(22)28(31,32)33/h1-10,12,35H,11,13H2,(H,34,36)(H,37,38). The number of carbonyl (C=O) groups is 2. The van der Waals surface area contributed by atoms with Crippen LogP contribution < -0.4 is 10.9 Å². The van der Waals surface area contributed by atoms with Gasteiger partial charge in [0.15, 0.2) is 0 Å². The van der Waals surface area contributed by atoms with E-state index in [-0.39, 0.29) is 38.7 Å². The highest BCUT2D eigenvalue weighted by Crippen LogP contribution is 2.37. The van der Waals surface area contributed by atoms with Crippen molar-refractivity contribution < 1.29 is 41.8 Å². The van der Waals surface area contributed by atoms with Gasteiger partial charge in [-0.2, -0.15) is 13.2 Å². The third kappa shape index (κ3) is 6.22. The molecule has 1 heterocycles. The monoisotopic (exact) mass is 575 g/mol. The van der Waals surface area contributed by atoms with Crippen LogP contribution in [0.2, 0.25) is 5.02 Å². The maximum Gasteiger partial charge on any atom is 0.418 e. The molecular formula is C28H18ClF4NO6. The molecule has 12 heteroatoms. The molecule has 1 amide bonds. The number of anilines is 1. The molecule has 0 aliphatic rings. The molecule has 7 nitrogen and oxygen atoms in total. The maximum absolute atomic E-state index is 13.5. The van der Waals surface area contributed by atoms with Crippen molar-refractivity contribution in [3.8, 4) is 11.1 Å². The predicted molar refractivity (Wildman–Crippen MR) is 139 cm³/mol. The molecule has 0 unspecified atom stereocenters. The van der Waals surface area contributed by atoms with Gasteiger partial charge in [0.2, 0.25) is 5.91 Å². The van der Waals surface area contributed by atoms with E-state index in [1.165, 1.54) is 24.3 Å². The highest BCUT2D eigenvalue weighted by atomic mass is 35.5. The number of aliphatic hydroxyl groups is 1. The van der Waals surface area contributed by atoms with Gasteiger partial charge in [0.05, 0.1) is 29.8 Å². The molecule has 0 saturated heterocycles. The summed E-state index contributed by atoms with van der Waals surface area (Å²) in [4.78, 5) is 37.0. The molecule has 0 atom stereocenters. The number of amides is 1. The summed E-state index contributed by atoms with van der Waals surface area (Å²) >= 11 is 6.16. The second-order valence-electron chi connectivity index (χ2n) is 8.55. The lowest BCUT2D eigenvalue weighted by atomic mass is 9.93. The molecule has 1 aromatic heterocycles. The first-order valence-corrected chi connectivity index (χ1v) is 11.8. The molecule has 40 heavy (non-hydrogen) atoms. The number of rotatable bonds is 7. The number of hydrogen-bond donors (Lipinski definition) is 3. The summed E-state index contributed by atoms with van der Waals surface area (Å²) in [5.74, 6) is -3.38. The SMILES string of the molecule is O=C(O)C=Cc1cccc(-c2c(CC(=O)Nc3ccc(F)cc3C(F)(F)F)c(=O)oc3cc(Cl)c(CO)cc23)c1. The Morgan fingerprint density at radius 1 is 1.07 bits per heavy atom. The van der Waals surface area contributed by atoms with Gasteiger partial charge in [0, 0.05) is 28.1 Å². The van der Waals surface area contributed by atoms with Crippen molar-refractivity contribution in [2.75, 3.05) is 5.32 Å². The fourth-order valence-corrected chi connectivity index (χ4v) is 4.31. The summed E-state index contributed by atoms with van der Waals surface area (Å²) in [5.41, 5.74) is -2.12. The number of benzene rings is 3. The molecule has 3 N–H and O–H groups in total. The van der Waals surface area contributed by atoms with E-state index < -0.39 is 53.8 Å². The fraction of sp³-hybridized carbons (Fsp3) is 0.107. The van der Waals surface area contributed by atoms with Gasteiger partial charge in [-0.25, -0.2) is 14.0 Å². The molecule has 4 rings (SSSR count). The molecule has 0 radical (unpaired) electrons. The number of carboxylic acid groups (broad SMARTS) is 1. The van der Waals surface area contributed by atoms with Crippen LogP contribution >= 0.6 is 11.6 Å². The Morgan fingerprint density at radius 3 is 2.50 bits per heavy atom. The van der Waals surface area contributed by atoms with E-state index in [1.807, 2.05) is 0 Å². The van der Waals surface area contributed by atoms with Gasteiger partial charge < -0.3 is 19.9 Å². The molecular weight excluding hydrogens is 558 g/mol. The molecule has 0 bridgehead atoms. The fourth-order valence-electron chi connectivity index (χ4n) is 4.10. The minimum atomic E-state index is -4.97. The van der Waals surface area contributed by atoms with Gasteiger partial charge in [-0.1, -0.05) is 29.8 Å². The molecule has 4 aromatic rings. The van der Waals surface area contributed by atoms with Crippen LogP contribution in [-0.4, -0.2) is 22.1 Å². The Bertz CT molecular complexity index is 1730. The number of aliphatic hydroxyl groups excluding tert-OH is 1. The summed E-state index contributed by atoms with van der Waals surface area (Å²) in [6.07, 6.45) is -3.51. The van der Waals surface area contributed by atoms with Crippen molar-refractivity contribution in [1.29, 1.82) is 0 Å². The average molecular weight is 576 g/mol. The van der Waals surface area contributed by atoms with Gasteiger partial charge in [0.1, 0.15) is 11.4 Å².